The van der Waals surface area contributed by atoms with Crippen molar-refractivity contribution in [3.05, 3.63) is 0 Å². The van der Waals surface area contributed by atoms with E-state index in [-0.39, 0.29) is 35.2 Å². The molecule has 186 valence electrons. The van der Waals surface area contributed by atoms with Crippen molar-refractivity contribution in [1.82, 2.24) is 0 Å². The summed E-state index contributed by atoms with van der Waals surface area (Å²) >= 11 is 0. The first-order valence-electron chi connectivity index (χ1n) is 13.5. The van der Waals surface area contributed by atoms with Crippen LogP contribution in [-0.4, -0.2) is 25.0 Å². The van der Waals surface area contributed by atoms with E-state index in [4.69, 9.17) is 9.47 Å². The first-order chi connectivity index (χ1) is 15.7. The van der Waals surface area contributed by atoms with E-state index in [0.717, 1.165) is 37.5 Å². The monoisotopic (exact) mass is 460 g/mol. The van der Waals surface area contributed by atoms with Crippen molar-refractivity contribution in [3.63, 3.8) is 0 Å². The lowest BCUT2D eigenvalue weighted by Gasteiger charge is -2.34. The van der Waals surface area contributed by atoms with Crippen molar-refractivity contribution in [2.75, 3.05) is 7.11 Å². The van der Waals surface area contributed by atoms with Gasteiger partial charge in [0.1, 0.15) is 0 Å². The molecule has 11 unspecified atom stereocenters. The second-order valence-corrected chi connectivity index (χ2v) is 12.2. The Morgan fingerprint density at radius 1 is 0.970 bits per heavy atom. The third-order valence-corrected chi connectivity index (χ3v) is 10.2. The van der Waals surface area contributed by atoms with Gasteiger partial charge in [-0.15, -0.1) is 0 Å². The number of methoxy groups -OCH3 is 1. The molecule has 1 aliphatic heterocycles. The normalized spacial score (nSPS) is 47.1. The van der Waals surface area contributed by atoms with Gasteiger partial charge in [-0.05, 0) is 86.4 Å². The summed E-state index contributed by atoms with van der Waals surface area (Å²) in [5.41, 5.74) is -0.218. The molecule has 0 aromatic heterocycles. The molecule has 5 aliphatic rings. The van der Waals surface area contributed by atoms with Crippen LogP contribution in [0, 0.1) is 64.6 Å². The van der Waals surface area contributed by atoms with Gasteiger partial charge in [0.05, 0.1) is 24.4 Å². The molecule has 4 saturated carbocycles. The maximum absolute atomic E-state index is 11.9. The maximum Gasteiger partial charge on any atom is 0.317 e. The van der Waals surface area contributed by atoms with Crippen LogP contribution in [0.2, 0.25) is 0 Å². The summed E-state index contributed by atoms with van der Waals surface area (Å²) in [4.78, 5) is 35.6. The zero-order chi connectivity index (χ0) is 24.1. The standard InChI is InChI=1S/C16H22O3.C12H22O2/c1-3-4-8-5-7(2)11-9-6-10(12(8)11)14-13(9)15(17)19-16(14)18;1-5-6-10-7-9(2)8-12(10,3)11(13)14-4/h7-14H,3-6H2,1-2H3;9-10H,5-8H2,1-4H3. The first kappa shape index (κ1) is 24.7. The lowest BCUT2D eigenvalue weighted by Crippen LogP contribution is -2.37. The Hall–Kier alpha value is -1.39. The molecule has 1 saturated heterocycles. The molecule has 0 spiro atoms. The number of carbonyl (C=O) groups is 3. The van der Waals surface area contributed by atoms with Crippen LogP contribution in [0.1, 0.15) is 86.0 Å². The molecule has 5 rings (SSSR count). The quantitative estimate of drug-likeness (QED) is 0.391. The molecule has 4 aliphatic carbocycles. The van der Waals surface area contributed by atoms with Crippen molar-refractivity contribution in [3.8, 4) is 0 Å². The predicted octanol–water partition coefficient (Wildman–Crippen LogP) is 5.65. The number of cyclic esters (lactones) is 2. The van der Waals surface area contributed by atoms with E-state index in [2.05, 4.69) is 34.6 Å². The van der Waals surface area contributed by atoms with Gasteiger partial charge in [0.25, 0.3) is 0 Å². The molecule has 0 aromatic carbocycles. The van der Waals surface area contributed by atoms with E-state index in [0.29, 0.717) is 35.5 Å². The SMILES string of the molecule is CCCC1CC(C)C2C3CC(C4C(=O)OC(=O)C34)C12.CCCC1CC(C)CC1(C)C(=O)OC. The van der Waals surface area contributed by atoms with Gasteiger partial charge in [-0.2, -0.15) is 0 Å². The summed E-state index contributed by atoms with van der Waals surface area (Å²) in [6.07, 6.45) is 9.41. The largest absolute Gasteiger partial charge is 0.469 e. The highest BCUT2D eigenvalue weighted by molar-refractivity contribution is 5.97. The fourth-order valence-electron chi connectivity index (χ4n) is 9.31. The van der Waals surface area contributed by atoms with E-state index in [9.17, 15) is 14.4 Å². The fourth-order valence-corrected chi connectivity index (χ4v) is 9.31. The zero-order valence-electron chi connectivity index (χ0n) is 21.5. The molecule has 2 bridgehead atoms. The molecular formula is C28H44O5. The van der Waals surface area contributed by atoms with Crippen molar-refractivity contribution in [2.45, 2.75) is 86.0 Å². The Labute approximate surface area is 199 Å². The van der Waals surface area contributed by atoms with Crippen LogP contribution in [0.25, 0.3) is 0 Å². The van der Waals surface area contributed by atoms with E-state index in [1.54, 1.807) is 0 Å². The Balaban J connectivity index is 0.000000166. The van der Waals surface area contributed by atoms with Crippen LogP contribution in [0.4, 0.5) is 0 Å². The van der Waals surface area contributed by atoms with Gasteiger partial charge >= 0.3 is 17.9 Å². The lowest BCUT2D eigenvalue weighted by atomic mass is 9.67. The topological polar surface area (TPSA) is 69.7 Å². The molecule has 5 heteroatoms. The average molecular weight is 461 g/mol. The Bertz CT molecular complexity index is 776. The van der Waals surface area contributed by atoms with Crippen LogP contribution in [0.5, 0.6) is 0 Å². The van der Waals surface area contributed by atoms with Gasteiger partial charge in [0.15, 0.2) is 0 Å². The van der Waals surface area contributed by atoms with Gasteiger partial charge in [-0.1, -0.05) is 47.0 Å². The van der Waals surface area contributed by atoms with Crippen molar-refractivity contribution >= 4 is 17.9 Å². The Morgan fingerprint density at radius 3 is 2.15 bits per heavy atom. The highest BCUT2D eigenvalue weighted by Gasteiger charge is 2.69. The number of hydrogen-bond donors (Lipinski definition) is 0. The average Bonchev–Trinajstić information content (AvgIpc) is 3.53. The van der Waals surface area contributed by atoms with E-state index >= 15 is 0 Å². The number of esters is 3. The van der Waals surface area contributed by atoms with Crippen molar-refractivity contribution < 1.29 is 23.9 Å². The van der Waals surface area contributed by atoms with Gasteiger partial charge in [0.2, 0.25) is 0 Å². The fraction of sp³-hybridized carbons (Fsp3) is 0.893. The number of ether oxygens (including phenoxy) is 2. The summed E-state index contributed by atoms with van der Waals surface area (Å²) in [5, 5.41) is 0. The molecule has 1 heterocycles. The van der Waals surface area contributed by atoms with Crippen molar-refractivity contribution in [2.24, 2.45) is 64.6 Å². The molecule has 5 fully saturated rings. The van der Waals surface area contributed by atoms with Crippen LogP contribution in [-0.2, 0) is 23.9 Å². The molecule has 11 atom stereocenters. The number of fused-ring (bicyclic) bond motifs is 8. The molecule has 33 heavy (non-hydrogen) atoms. The summed E-state index contributed by atoms with van der Waals surface area (Å²) < 4.78 is 9.85. The Kier molecular flexibility index (Phi) is 7.00. The molecule has 5 nitrogen and oxygen atoms in total. The third kappa shape index (κ3) is 3.95. The molecule has 0 radical (unpaired) electrons. The lowest BCUT2D eigenvalue weighted by molar-refractivity contribution is -0.155. The summed E-state index contributed by atoms with van der Waals surface area (Å²) in [5.74, 6) is 4.35. The third-order valence-electron chi connectivity index (χ3n) is 10.2. The predicted molar refractivity (Wildman–Crippen MR) is 126 cm³/mol. The van der Waals surface area contributed by atoms with Crippen LogP contribution in [0.3, 0.4) is 0 Å². The van der Waals surface area contributed by atoms with Gasteiger partial charge < -0.3 is 9.47 Å². The zero-order valence-corrected chi connectivity index (χ0v) is 21.5. The summed E-state index contributed by atoms with van der Waals surface area (Å²) in [7, 11) is 1.50. The Morgan fingerprint density at radius 2 is 1.58 bits per heavy atom. The van der Waals surface area contributed by atoms with Crippen LogP contribution in [0.15, 0.2) is 0 Å². The minimum Gasteiger partial charge on any atom is -0.469 e. The van der Waals surface area contributed by atoms with E-state index < -0.39 is 0 Å². The number of carbonyl (C=O) groups excluding carboxylic acids is 3. The van der Waals surface area contributed by atoms with Gasteiger partial charge in [0, 0.05) is 0 Å². The van der Waals surface area contributed by atoms with Crippen LogP contribution >= 0.6 is 0 Å². The molecular weight excluding hydrogens is 416 g/mol. The first-order valence-corrected chi connectivity index (χ1v) is 13.5. The van der Waals surface area contributed by atoms with Gasteiger partial charge in [-0.25, -0.2) is 0 Å². The number of hydrogen-bond acceptors (Lipinski definition) is 5. The molecule has 0 amide bonds. The minimum absolute atomic E-state index is 0.0136. The molecule has 0 N–H and O–H groups in total. The highest BCUT2D eigenvalue weighted by atomic mass is 16.6. The van der Waals surface area contributed by atoms with Crippen LogP contribution < -0.4 is 0 Å². The highest BCUT2D eigenvalue weighted by Crippen LogP contribution is 2.68. The van der Waals surface area contributed by atoms with Crippen molar-refractivity contribution in [1.29, 1.82) is 0 Å². The van der Waals surface area contributed by atoms with E-state index in [1.807, 2.05) is 0 Å². The maximum atomic E-state index is 11.9. The smallest absolute Gasteiger partial charge is 0.317 e. The summed E-state index contributed by atoms with van der Waals surface area (Å²) in [6, 6.07) is 0. The second-order valence-electron chi connectivity index (χ2n) is 12.2. The minimum atomic E-state index is -0.218. The number of rotatable bonds is 5. The second kappa shape index (κ2) is 9.34. The van der Waals surface area contributed by atoms with E-state index in [1.165, 1.54) is 32.8 Å². The molecule has 0 aromatic rings. The summed E-state index contributed by atoms with van der Waals surface area (Å²) in [6.45, 7) is 11.1. The van der Waals surface area contributed by atoms with Gasteiger partial charge in [-0.3, -0.25) is 14.4 Å².